The summed E-state index contributed by atoms with van der Waals surface area (Å²) in [6.07, 6.45) is 0. The molecule has 0 aromatic heterocycles. The van der Waals surface area contributed by atoms with Crippen LogP contribution in [0.1, 0.15) is 25.5 Å². The maximum atomic E-state index is 5.77. The molecule has 0 saturated heterocycles. The van der Waals surface area contributed by atoms with Gasteiger partial charge in [0.25, 0.3) is 0 Å². The van der Waals surface area contributed by atoms with Crippen molar-refractivity contribution in [3.63, 3.8) is 0 Å². The van der Waals surface area contributed by atoms with Crippen molar-refractivity contribution in [3.8, 4) is 5.75 Å². The first-order valence-corrected chi connectivity index (χ1v) is 5.12. The van der Waals surface area contributed by atoms with Crippen LogP contribution in [0.4, 0.5) is 0 Å². The molecule has 0 radical (unpaired) electrons. The molecule has 0 fully saturated rings. The lowest BCUT2D eigenvalue weighted by Crippen LogP contribution is -2.05. The number of halogens is 1. The molecule has 1 atom stereocenters. The summed E-state index contributed by atoms with van der Waals surface area (Å²) in [5.74, 6) is 0.874. The summed E-state index contributed by atoms with van der Waals surface area (Å²) in [6, 6.07) is 5.92. The van der Waals surface area contributed by atoms with Crippen molar-refractivity contribution < 1.29 is 4.74 Å². The highest BCUT2D eigenvalue weighted by atomic mass is 79.9. The number of benzene rings is 1. The van der Waals surface area contributed by atoms with Crippen LogP contribution in [0.2, 0.25) is 0 Å². The van der Waals surface area contributed by atoms with Crippen LogP contribution in [-0.2, 0) is 0 Å². The zero-order valence-corrected chi connectivity index (χ0v) is 9.47. The summed E-state index contributed by atoms with van der Waals surface area (Å²) in [6.45, 7) is 4.61. The van der Waals surface area contributed by atoms with E-state index in [0.29, 0.717) is 6.61 Å². The second kappa shape index (κ2) is 4.63. The van der Waals surface area contributed by atoms with Gasteiger partial charge in [-0.3, -0.25) is 0 Å². The van der Waals surface area contributed by atoms with Gasteiger partial charge in [-0.15, -0.1) is 0 Å². The van der Waals surface area contributed by atoms with Gasteiger partial charge in [0.2, 0.25) is 0 Å². The van der Waals surface area contributed by atoms with Crippen molar-refractivity contribution in [1.29, 1.82) is 0 Å². The van der Waals surface area contributed by atoms with E-state index in [9.17, 15) is 0 Å². The monoisotopic (exact) mass is 243 g/mol. The third kappa shape index (κ3) is 2.71. The first-order valence-electron chi connectivity index (χ1n) is 4.33. The van der Waals surface area contributed by atoms with E-state index in [2.05, 4.69) is 15.9 Å². The van der Waals surface area contributed by atoms with Gasteiger partial charge in [0, 0.05) is 10.5 Å². The molecule has 3 heteroatoms. The lowest BCUT2D eigenvalue weighted by atomic mass is 10.1. The fraction of sp³-hybridized carbons (Fsp3) is 0.400. The minimum Gasteiger partial charge on any atom is -0.494 e. The van der Waals surface area contributed by atoms with Gasteiger partial charge in [0.05, 0.1) is 6.61 Å². The Labute approximate surface area is 87.2 Å². The minimum atomic E-state index is 0.0463. The SMILES string of the molecule is CCOc1ccc([C@@H](C)N)c(Br)c1. The van der Waals surface area contributed by atoms with E-state index in [0.717, 1.165) is 15.8 Å². The molecule has 0 bridgehead atoms. The normalized spacial score (nSPS) is 12.6. The Hall–Kier alpha value is -0.540. The van der Waals surface area contributed by atoms with Gasteiger partial charge in [-0.05, 0) is 31.5 Å². The standard InChI is InChI=1S/C10H14BrNO/c1-3-13-8-4-5-9(7(2)12)10(11)6-8/h4-7H,3,12H2,1-2H3/t7-/m1/s1. The third-order valence-corrected chi connectivity index (χ3v) is 2.46. The summed E-state index contributed by atoms with van der Waals surface area (Å²) in [5.41, 5.74) is 6.87. The van der Waals surface area contributed by atoms with E-state index >= 15 is 0 Å². The van der Waals surface area contributed by atoms with Crippen LogP contribution in [0.5, 0.6) is 5.75 Å². The maximum absolute atomic E-state index is 5.77. The molecule has 1 aromatic rings. The Morgan fingerprint density at radius 3 is 2.69 bits per heavy atom. The number of hydrogen-bond acceptors (Lipinski definition) is 2. The van der Waals surface area contributed by atoms with Crippen molar-refractivity contribution in [2.24, 2.45) is 5.73 Å². The van der Waals surface area contributed by atoms with Gasteiger partial charge in [-0.1, -0.05) is 22.0 Å². The Bertz CT molecular complexity index is 286. The fourth-order valence-corrected chi connectivity index (χ4v) is 1.85. The molecular weight excluding hydrogens is 230 g/mol. The largest absolute Gasteiger partial charge is 0.494 e. The van der Waals surface area contributed by atoms with Crippen LogP contribution in [-0.4, -0.2) is 6.61 Å². The number of rotatable bonds is 3. The average molecular weight is 244 g/mol. The van der Waals surface area contributed by atoms with Crippen LogP contribution in [0.15, 0.2) is 22.7 Å². The number of nitrogens with two attached hydrogens (primary N) is 1. The lowest BCUT2D eigenvalue weighted by molar-refractivity contribution is 0.340. The molecule has 0 unspecified atom stereocenters. The van der Waals surface area contributed by atoms with Gasteiger partial charge in [-0.2, -0.15) is 0 Å². The Morgan fingerprint density at radius 1 is 1.54 bits per heavy atom. The van der Waals surface area contributed by atoms with E-state index in [-0.39, 0.29) is 6.04 Å². The van der Waals surface area contributed by atoms with Crippen LogP contribution < -0.4 is 10.5 Å². The molecule has 1 aromatic carbocycles. The Balaban J connectivity index is 2.92. The third-order valence-electron chi connectivity index (χ3n) is 1.77. The molecule has 0 aliphatic carbocycles. The van der Waals surface area contributed by atoms with Gasteiger partial charge in [0.15, 0.2) is 0 Å². The molecule has 2 N–H and O–H groups in total. The van der Waals surface area contributed by atoms with Crippen molar-refractivity contribution in [1.82, 2.24) is 0 Å². The number of ether oxygens (including phenoxy) is 1. The van der Waals surface area contributed by atoms with E-state index in [1.54, 1.807) is 0 Å². The molecule has 2 nitrogen and oxygen atoms in total. The molecule has 72 valence electrons. The van der Waals surface area contributed by atoms with Crippen molar-refractivity contribution >= 4 is 15.9 Å². The van der Waals surface area contributed by atoms with E-state index < -0.39 is 0 Å². The predicted octanol–water partition coefficient (Wildman–Crippen LogP) is 2.87. The van der Waals surface area contributed by atoms with E-state index in [1.807, 2.05) is 32.0 Å². The lowest BCUT2D eigenvalue weighted by Gasteiger charge is -2.10. The Morgan fingerprint density at radius 2 is 2.23 bits per heavy atom. The summed E-state index contributed by atoms with van der Waals surface area (Å²) >= 11 is 3.46. The zero-order chi connectivity index (χ0) is 9.84. The maximum Gasteiger partial charge on any atom is 0.120 e. The van der Waals surface area contributed by atoms with Crippen LogP contribution >= 0.6 is 15.9 Å². The van der Waals surface area contributed by atoms with Gasteiger partial charge in [-0.25, -0.2) is 0 Å². The van der Waals surface area contributed by atoms with E-state index in [4.69, 9.17) is 10.5 Å². The average Bonchev–Trinajstić information content (AvgIpc) is 2.04. The molecule has 0 saturated carbocycles. The summed E-state index contributed by atoms with van der Waals surface area (Å²) < 4.78 is 6.36. The second-order valence-electron chi connectivity index (χ2n) is 2.91. The quantitative estimate of drug-likeness (QED) is 0.887. The highest BCUT2D eigenvalue weighted by Gasteiger charge is 2.05. The molecule has 0 aliphatic heterocycles. The Kier molecular flexibility index (Phi) is 3.75. The van der Waals surface area contributed by atoms with Crippen LogP contribution in [0, 0.1) is 0 Å². The van der Waals surface area contributed by atoms with E-state index in [1.165, 1.54) is 0 Å². The fourth-order valence-electron chi connectivity index (χ4n) is 1.13. The summed E-state index contributed by atoms with van der Waals surface area (Å²) in [7, 11) is 0. The smallest absolute Gasteiger partial charge is 0.120 e. The second-order valence-corrected chi connectivity index (χ2v) is 3.76. The first-order chi connectivity index (χ1) is 6.15. The summed E-state index contributed by atoms with van der Waals surface area (Å²) in [4.78, 5) is 0. The van der Waals surface area contributed by atoms with Crippen molar-refractivity contribution in [2.45, 2.75) is 19.9 Å². The molecule has 0 heterocycles. The minimum absolute atomic E-state index is 0.0463. The number of hydrogen-bond donors (Lipinski definition) is 1. The van der Waals surface area contributed by atoms with Crippen molar-refractivity contribution in [2.75, 3.05) is 6.61 Å². The predicted molar refractivity (Wildman–Crippen MR) is 57.9 cm³/mol. The molecular formula is C10H14BrNO. The topological polar surface area (TPSA) is 35.2 Å². The molecule has 13 heavy (non-hydrogen) atoms. The summed E-state index contributed by atoms with van der Waals surface area (Å²) in [5, 5.41) is 0. The van der Waals surface area contributed by atoms with Crippen molar-refractivity contribution in [3.05, 3.63) is 28.2 Å². The highest BCUT2D eigenvalue weighted by Crippen LogP contribution is 2.26. The first kappa shape index (κ1) is 10.5. The van der Waals surface area contributed by atoms with Crippen LogP contribution in [0.25, 0.3) is 0 Å². The highest BCUT2D eigenvalue weighted by molar-refractivity contribution is 9.10. The zero-order valence-electron chi connectivity index (χ0n) is 7.88. The van der Waals surface area contributed by atoms with Gasteiger partial charge < -0.3 is 10.5 Å². The molecule has 0 spiro atoms. The van der Waals surface area contributed by atoms with Gasteiger partial charge in [0.1, 0.15) is 5.75 Å². The van der Waals surface area contributed by atoms with Crippen LogP contribution in [0.3, 0.4) is 0 Å². The van der Waals surface area contributed by atoms with Gasteiger partial charge >= 0.3 is 0 Å². The molecule has 0 amide bonds. The molecule has 0 aliphatic rings. The molecule has 1 rings (SSSR count).